The monoisotopic (exact) mass is 282 g/mol. The molecule has 1 aromatic rings. The zero-order valence-corrected chi connectivity index (χ0v) is 10.6. The Kier molecular flexibility index (Phi) is 3.57. The number of hydrogen-bond donors (Lipinski definition) is 2. The van der Waals surface area contributed by atoms with E-state index >= 15 is 0 Å². The first-order valence-corrected chi connectivity index (χ1v) is 6.42. The van der Waals surface area contributed by atoms with Crippen molar-refractivity contribution in [3.63, 3.8) is 0 Å². The lowest BCUT2D eigenvalue weighted by Gasteiger charge is -2.21. The first-order chi connectivity index (χ1) is 8.93. The summed E-state index contributed by atoms with van der Waals surface area (Å²) >= 11 is 1.14. The van der Waals surface area contributed by atoms with E-state index in [0.717, 1.165) is 23.9 Å². The van der Waals surface area contributed by atoms with E-state index in [0.29, 0.717) is 0 Å². The smallest absolute Gasteiger partial charge is 0.306 e. The Balaban J connectivity index is 2.37. The van der Waals surface area contributed by atoms with Gasteiger partial charge in [0.2, 0.25) is 0 Å². The van der Waals surface area contributed by atoms with Crippen LogP contribution in [0, 0.1) is 5.82 Å². The minimum Gasteiger partial charge on any atom is -0.481 e. The van der Waals surface area contributed by atoms with Crippen molar-refractivity contribution in [2.75, 3.05) is 5.75 Å². The van der Waals surface area contributed by atoms with Crippen LogP contribution >= 0.6 is 11.8 Å². The molecule has 1 atom stereocenters. The molecule has 7 heteroatoms. The summed E-state index contributed by atoms with van der Waals surface area (Å²) in [4.78, 5) is 27.3. The second kappa shape index (κ2) is 5.00. The van der Waals surface area contributed by atoms with Gasteiger partial charge in [0, 0.05) is 11.3 Å². The molecule has 0 aliphatic carbocycles. The molecule has 2 rings (SSSR count). The third kappa shape index (κ3) is 2.76. The summed E-state index contributed by atoms with van der Waals surface area (Å²) < 4.78 is 12.8. The fourth-order valence-corrected chi connectivity index (χ4v) is 2.80. The van der Waals surface area contributed by atoms with Gasteiger partial charge in [-0.25, -0.2) is 9.38 Å². The number of halogens is 1. The predicted octanol–water partition coefficient (Wildman–Crippen LogP) is 1.28. The van der Waals surface area contributed by atoms with Crippen LogP contribution in [-0.2, 0) is 4.79 Å². The zero-order chi connectivity index (χ0) is 14.0. The lowest BCUT2D eigenvalue weighted by Crippen LogP contribution is -2.40. The van der Waals surface area contributed by atoms with Crippen LogP contribution in [0.1, 0.15) is 16.8 Å². The Bertz CT molecular complexity index is 559. The van der Waals surface area contributed by atoms with Crippen LogP contribution in [-0.4, -0.2) is 33.3 Å². The molecule has 0 fully saturated rings. The molecule has 1 heterocycles. The second-order valence-electron chi connectivity index (χ2n) is 4.18. The number of amidine groups is 1. The molecule has 0 amide bonds. The summed E-state index contributed by atoms with van der Waals surface area (Å²) in [5, 5.41) is 9.13. The van der Waals surface area contributed by atoms with Gasteiger partial charge in [-0.15, -0.1) is 0 Å². The number of thioether (sulfide) groups is 1. The molecular weight excluding hydrogens is 271 g/mol. The van der Waals surface area contributed by atoms with Gasteiger partial charge in [0.05, 0.1) is 6.42 Å². The van der Waals surface area contributed by atoms with E-state index in [1.54, 1.807) is 0 Å². The SMILES string of the molecule is NC1=NC(CC(=O)O)(C(=O)c2ccc(F)cc2)CS1. The molecular formula is C12H11FN2O3S. The third-order valence-corrected chi connectivity index (χ3v) is 3.76. The number of aliphatic imine (C=N–C) groups is 1. The highest BCUT2D eigenvalue weighted by Gasteiger charge is 2.44. The summed E-state index contributed by atoms with van der Waals surface area (Å²) in [6.07, 6.45) is -0.434. The number of ketones is 1. The van der Waals surface area contributed by atoms with Gasteiger partial charge >= 0.3 is 5.97 Å². The highest BCUT2D eigenvalue weighted by molar-refractivity contribution is 8.14. The summed E-state index contributed by atoms with van der Waals surface area (Å²) in [6, 6.07) is 4.93. The molecule has 0 saturated heterocycles. The summed E-state index contributed by atoms with van der Waals surface area (Å²) in [7, 11) is 0. The van der Waals surface area contributed by atoms with E-state index in [9.17, 15) is 14.0 Å². The molecule has 19 heavy (non-hydrogen) atoms. The van der Waals surface area contributed by atoms with Crippen LogP contribution in [0.2, 0.25) is 0 Å². The zero-order valence-electron chi connectivity index (χ0n) is 9.80. The average molecular weight is 282 g/mol. The maximum atomic E-state index is 12.8. The number of carbonyl (C=O) groups excluding carboxylic acids is 1. The maximum Gasteiger partial charge on any atom is 0.306 e. The Hall–Kier alpha value is -1.89. The first kappa shape index (κ1) is 13.5. The van der Waals surface area contributed by atoms with Crippen LogP contribution in [0.15, 0.2) is 29.3 Å². The minimum atomic E-state index is -1.39. The van der Waals surface area contributed by atoms with Gasteiger partial charge in [-0.1, -0.05) is 11.8 Å². The van der Waals surface area contributed by atoms with Crippen molar-refractivity contribution in [2.24, 2.45) is 10.7 Å². The summed E-state index contributed by atoms with van der Waals surface area (Å²) in [6.45, 7) is 0. The predicted molar refractivity (Wildman–Crippen MR) is 69.8 cm³/mol. The van der Waals surface area contributed by atoms with Gasteiger partial charge in [0.15, 0.2) is 11.0 Å². The lowest BCUT2D eigenvalue weighted by molar-refractivity contribution is -0.137. The standard InChI is InChI=1S/C12H11FN2O3S/c13-8-3-1-7(2-4-8)10(18)12(5-9(16)17)6-19-11(14)15-12/h1-4H,5-6H2,(H2,14,15)(H,16,17). The molecule has 1 aliphatic heterocycles. The van der Waals surface area contributed by atoms with Crippen LogP contribution in [0.5, 0.6) is 0 Å². The number of rotatable bonds is 4. The molecule has 0 spiro atoms. The number of hydrogen-bond acceptors (Lipinski definition) is 5. The summed E-state index contributed by atoms with van der Waals surface area (Å²) in [5.41, 5.74) is 4.37. The largest absolute Gasteiger partial charge is 0.481 e. The Morgan fingerprint density at radius 3 is 2.53 bits per heavy atom. The molecule has 100 valence electrons. The van der Waals surface area contributed by atoms with Crippen molar-refractivity contribution in [2.45, 2.75) is 12.0 Å². The quantitative estimate of drug-likeness (QED) is 0.812. The van der Waals surface area contributed by atoms with Gasteiger partial charge in [-0.2, -0.15) is 0 Å². The van der Waals surface area contributed by atoms with E-state index in [4.69, 9.17) is 10.8 Å². The highest BCUT2D eigenvalue weighted by atomic mass is 32.2. The number of nitrogens with zero attached hydrogens (tertiary/aromatic N) is 1. The number of benzene rings is 1. The lowest BCUT2D eigenvalue weighted by atomic mass is 9.88. The molecule has 0 radical (unpaired) electrons. The number of carboxylic acids is 1. The fourth-order valence-electron chi connectivity index (χ4n) is 1.88. The van der Waals surface area contributed by atoms with Crippen LogP contribution < -0.4 is 5.73 Å². The Morgan fingerprint density at radius 1 is 1.42 bits per heavy atom. The van der Waals surface area contributed by atoms with Crippen LogP contribution in [0.3, 0.4) is 0 Å². The van der Waals surface area contributed by atoms with Crippen molar-refractivity contribution in [1.82, 2.24) is 0 Å². The molecule has 1 unspecified atom stereocenters. The van der Waals surface area contributed by atoms with E-state index in [2.05, 4.69) is 4.99 Å². The molecule has 0 bridgehead atoms. The molecule has 0 saturated carbocycles. The van der Waals surface area contributed by atoms with Gasteiger partial charge < -0.3 is 10.8 Å². The molecule has 1 aromatic carbocycles. The van der Waals surface area contributed by atoms with E-state index < -0.39 is 29.5 Å². The van der Waals surface area contributed by atoms with Crippen LogP contribution in [0.25, 0.3) is 0 Å². The molecule has 3 N–H and O–H groups in total. The van der Waals surface area contributed by atoms with Gasteiger partial charge in [-0.3, -0.25) is 9.59 Å². The van der Waals surface area contributed by atoms with E-state index in [1.807, 2.05) is 0 Å². The minimum absolute atomic E-state index is 0.182. The molecule has 5 nitrogen and oxygen atoms in total. The molecule has 0 aromatic heterocycles. The number of Topliss-reactive ketones (excluding diaryl/α,β-unsaturated/α-hetero) is 1. The maximum absolute atomic E-state index is 12.8. The van der Waals surface area contributed by atoms with Gasteiger partial charge in [0.1, 0.15) is 11.4 Å². The Labute approximate surface area is 112 Å². The Morgan fingerprint density at radius 2 is 2.05 bits per heavy atom. The number of carbonyl (C=O) groups is 2. The average Bonchev–Trinajstić information content (AvgIpc) is 2.71. The fraction of sp³-hybridized carbons (Fsp3) is 0.250. The van der Waals surface area contributed by atoms with Crippen LogP contribution in [0.4, 0.5) is 4.39 Å². The van der Waals surface area contributed by atoms with Crippen molar-refractivity contribution in [3.05, 3.63) is 35.6 Å². The van der Waals surface area contributed by atoms with E-state index in [1.165, 1.54) is 12.1 Å². The highest BCUT2D eigenvalue weighted by Crippen LogP contribution is 2.32. The first-order valence-electron chi connectivity index (χ1n) is 5.43. The number of carboxylic acid groups (broad SMARTS) is 1. The van der Waals surface area contributed by atoms with Crippen molar-refractivity contribution < 1.29 is 19.1 Å². The van der Waals surface area contributed by atoms with Crippen molar-refractivity contribution in [1.29, 1.82) is 0 Å². The number of aliphatic carboxylic acids is 1. The van der Waals surface area contributed by atoms with Gasteiger partial charge in [-0.05, 0) is 24.3 Å². The normalized spacial score (nSPS) is 22.1. The van der Waals surface area contributed by atoms with Gasteiger partial charge in [0.25, 0.3) is 0 Å². The third-order valence-electron chi connectivity index (χ3n) is 2.76. The topological polar surface area (TPSA) is 92.8 Å². The number of nitrogens with two attached hydrogens (primary N) is 1. The van der Waals surface area contributed by atoms with E-state index in [-0.39, 0.29) is 16.5 Å². The second-order valence-corrected chi connectivity index (χ2v) is 5.17. The van der Waals surface area contributed by atoms with Crippen molar-refractivity contribution in [3.8, 4) is 0 Å². The molecule has 1 aliphatic rings. The van der Waals surface area contributed by atoms with Crippen molar-refractivity contribution >= 4 is 28.7 Å². The summed E-state index contributed by atoms with van der Waals surface area (Å²) in [5.74, 6) is -1.87.